The second-order valence-electron chi connectivity index (χ2n) is 6.35. The zero-order valence-corrected chi connectivity index (χ0v) is 15.6. The zero-order chi connectivity index (χ0) is 17.7. The molecule has 6 heteroatoms. The number of halogens is 1. The van der Waals surface area contributed by atoms with Gasteiger partial charge in [-0.3, -0.25) is 9.59 Å². The van der Waals surface area contributed by atoms with E-state index in [-0.39, 0.29) is 42.7 Å². The smallest absolute Gasteiger partial charge is 0.239 e. The quantitative estimate of drug-likeness (QED) is 0.737. The number of nitrogens with one attached hydrogen (secondary N) is 2. The lowest BCUT2D eigenvalue weighted by atomic mass is 10.00. The number of amides is 2. The van der Waals surface area contributed by atoms with Gasteiger partial charge in [-0.1, -0.05) is 56.3 Å². The first-order valence-corrected chi connectivity index (χ1v) is 8.20. The lowest BCUT2D eigenvalue weighted by Crippen LogP contribution is -2.47. The third-order valence-corrected chi connectivity index (χ3v) is 4.11. The van der Waals surface area contributed by atoms with Crippen molar-refractivity contribution in [3.63, 3.8) is 0 Å². The number of rotatable bonds is 6. The van der Waals surface area contributed by atoms with Crippen LogP contribution in [0.15, 0.2) is 42.5 Å². The molecular formula is C19H26ClN3O2. The van der Waals surface area contributed by atoms with Gasteiger partial charge in [-0.15, -0.1) is 12.4 Å². The van der Waals surface area contributed by atoms with Crippen molar-refractivity contribution in [3.05, 3.63) is 48.0 Å². The molecule has 1 unspecified atom stereocenters. The molecule has 0 aromatic heterocycles. The number of nitrogens with two attached hydrogens (primary N) is 1. The fourth-order valence-electron chi connectivity index (χ4n) is 2.59. The fraction of sp³-hybridized carbons (Fsp3) is 0.368. The van der Waals surface area contributed by atoms with E-state index in [1.165, 1.54) is 0 Å². The molecule has 0 heterocycles. The normalized spacial score (nSPS) is 13.0. The average Bonchev–Trinajstić information content (AvgIpc) is 2.58. The molecule has 25 heavy (non-hydrogen) atoms. The van der Waals surface area contributed by atoms with Gasteiger partial charge in [-0.25, -0.2) is 0 Å². The first-order valence-electron chi connectivity index (χ1n) is 8.20. The Morgan fingerprint density at radius 1 is 1.04 bits per heavy atom. The summed E-state index contributed by atoms with van der Waals surface area (Å²) in [5.74, 6) is -0.514. The van der Waals surface area contributed by atoms with Crippen molar-refractivity contribution in [2.24, 2.45) is 11.7 Å². The number of carbonyl (C=O) groups excluding carboxylic acids is 2. The topological polar surface area (TPSA) is 84.2 Å². The molecule has 0 saturated carbocycles. The Morgan fingerprint density at radius 2 is 1.68 bits per heavy atom. The Kier molecular flexibility index (Phi) is 7.87. The molecule has 0 bridgehead atoms. The van der Waals surface area contributed by atoms with Crippen molar-refractivity contribution in [1.82, 2.24) is 10.6 Å². The number of fused-ring (bicyclic) bond motifs is 1. The number of benzene rings is 2. The van der Waals surface area contributed by atoms with Gasteiger partial charge in [0.1, 0.15) is 0 Å². The van der Waals surface area contributed by atoms with Crippen molar-refractivity contribution in [3.8, 4) is 0 Å². The summed E-state index contributed by atoms with van der Waals surface area (Å²) in [6.07, 6.45) is 0. The SMILES string of the molecule is CC(NC(=O)CNC(=O)[C@@H](N)C(C)C)c1cccc2ccccc12.Cl. The fourth-order valence-corrected chi connectivity index (χ4v) is 2.59. The van der Waals surface area contributed by atoms with Gasteiger partial charge in [0.15, 0.2) is 0 Å². The summed E-state index contributed by atoms with van der Waals surface area (Å²) in [7, 11) is 0. The largest absolute Gasteiger partial charge is 0.348 e. The Hall–Kier alpha value is -2.11. The van der Waals surface area contributed by atoms with Gasteiger partial charge in [0.2, 0.25) is 11.8 Å². The van der Waals surface area contributed by atoms with E-state index >= 15 is 0 Å². The minimum atomic E-state index is -0.603. The lowest BCUT2D eigenvalue weighted by molar-refractivity contribution is -0.127. The summed E-state index contributed by atoms with van der Waals surface area (Å²) < 4.78 is 0. The van der Waals surface area contributed by atoms with Crippen LogP contribution in [0.2, 0.25) is 0 Å². The van der Waals surface area contributed by atoms with Gasteiger partial charge in [0.25, 0.3) is 0 Å². The zero-order valence-electron chi connectivity index (χ0n) is 14.8. The Labute approximate surface area is 154 Å². The molecule has 2 aromatic rings. The molecule has 0 fully saturated rings. The van der Waals surface area contributed by atoms with Gasteiger partial charge in [-0.05, 0) is 29.2 Å². The van der Waals surface area contributed by atoms with E-state index in [9.17, 15) is 9.59 Å². The van der Waals surface area contributed by atoms with Crippen LogP contribution in [0, 0.1) is 5.92 Å². The van der Waals surface area contributed by atoms with E-state index in [1.807, 2.05) is 63.2 Å². The minimum Gasteiger partial charge on any atom is -0.348 e. The van der Waals surface area contributed by atoms with Gasteiger partial charge >= 0.3 is 0 Å². The molecule has 2 aromatic carbocycles. The first kappa shape index (κ1) is 20.9. The summed E-state index contributed by atoms with van der Waals surface area (Å²) >= 11 is 0. The van der Waals surface area contributed by atoms with Crippen molar-refractivity contribution in [1.29, 1.82) is 0 Å². The van der Waals surface area contributed by atoms with Crippen LogP contribution < -0.4 is 16.4 Å². The van der Waals surface area contributed by atoms with Gasteiger partial charge in [0, 0.05) is 0 Å². The van der Waals surface area contributed by atoms with E-state index in [0.29, 0.717) is 0 Å². The van der Waals surface area contributed by atoms with Crippen molar-refractivity contribution in [2.75, 3.05) is 6.54 Å². The predicted octanol–water partition coefficient (Wildman–Crippen LogP) is 2.54. The van der Waals surface area contributed by atoms with E-state index in [2.05, 4.69) is 10.6 Å². The monoisotopic (exact) mass is 363 g/mol. The highest BCUT2D eigenvalue weighted by molar-refractivity contribution is 5.89. The van der Waals surface area contributed by atoms with Crippen LogP contribution in [0.5, 0.6) is 0 Å². The van der Waals surface area contributed by atoms with E-state index in [4.69, 9.17) is 5.73 Å². The maximum atomic E-state index is 12.1. The van der Waals surface area contributed by atoms with E-state index in [0.717, 1.165) is 16.3 Å². The summed E-state index contributed by atoms with van der Waals surface area (Å²) in [4.78, 5) is 23.9. The third-order valence-electron chi connectivity index (χ3n) is 4.11. The van der Waals surface area contributed by atoms with Crippen LogP contribution >= 0.6 is 12.4 Å². The maximum Gasteiger partial charge on any atom is 0.239 e. The van der Waals surface area contributed by atoms with Crippen molar-refractivity contribution in [2.45, 2.75) is 32.9 Å². The lowest BCUT2D eigenvalue weighted by Gasteiger charge is -2.18. The number of hydrogen-bond donors (Lipinski definition) is 3. The third kappa shape index (κ3) is 5.44. The average molecular weight is 364 g/mol. The molecule has 0 saturated heterocycles. The van der Waals surface area contributed by atoms with Crippen molar-refractivity contribution >= 4 is 35.0 Å². The van der Waals surface area contributed by atoms with Crippen LogP contribution in [-0.2, 0) is 9.59 Å². The van der Waals surface area contributed by atoms with Gasteiger partial charge in [-0.2, -0.15) is 0 Å². The predicted molar refractivity (Wildman–Crippen MR) is 104 cm³/mol. The Balaban J connectivity index is 0.00000312. The summed E-state index contributed by atoms with van der Waals surface area (Å²) in [6, 6.07) is 13.3. The minimum absolute atomic E-state index is 0. The molecule has 2 atom stereocenters. The Bertz CT molecular complexity index is 728. The summed E-state index contributed by atoms with van der Waals surface area (Å²) in [5.41, 5.74) is 6.80. The molecule has 2 rings (SSSR count). The standard InChI is InChI=1S/C19H25N3O2.ClH/c1-12(2)18(20)19(24)21-11-17(23)22-13(3)15-10-6-8-14-7-4-5-9-16(14)15;/h4-10,12-13,18H,11,20H2,1-3H3,(H,21,24)(H,22,23);1H/t13?,18-;/m0./s1. The molecule has 2 amide bonds. The van der Waals surface area contributed by atoms with Crippen LogP contribution in [-0.4, -0.2) is 24.4 Å². The van der Waals surface area contributed by atoms with E-state index in [1.54, 1.807) is 0 Å². The first-order chi connectivity index (χ1) is 11.4. The van der Waals surface area contributed by atoms with Gasteiger partial charge in [0.05, 0.1) is 18.6 Å². The molecule has 0 aliphatic carbocycles. The molecular weight excluding hydrogens is 338 g/mol. The second kappa shape index (κ2) is 9.39. The highest BCUT2D eigenvalue weighted by Crippen LogP contribution is 2.23. The molecule has 4 N–H and O–H groups in total. The van der Waals surface area contributed by atoms with Crippen molar-refractivity contribution < 1.29 is 9.59 Å². The molecule has 0 aliphatic rings. The molecule has 5 nitrogen and oxygen atoms in total. The second-order valence-corrected chi connectivity index (χ2v) is 6.35. The maximum absolute atomic E-state index is 12.1. The summed E-state index contributed by atoms with van der Waals surface area (Å²) in [6.45, 7) is 5.59. The molecule has 136 valence electrons. The number of carbonyl (C=O) groups is 2. The van der Waals surface area contributed by atoms with Crippen LogP contribution in [0.4, 0.5) is 0 Å². The van der Waals surface area contributed by atoms with Crippen LogP contribution in [0.3, 0.4) is 0 Å². The Morgan fingerprint density at radius 3 is 2.36 bits per heavy atom. The highest BCUT2D eigenvalue weighted by Gasteiger charge is 2.18. The van der Waals surface area contributed by atoms with Gasteiger partial charge < -0.3 is 16.4 Å². The van der Waals surface area contributed by atoms with Crippen LogP contribution in [0.25, 0.3) is 10.8 Å². The number of hydrogen-bond acceptors (Lipinski definition) is 3. The highest BCUT2D eigenvalue weighted by atomic mass is 35.5. The molecule has 0 radical (unpaired) electrons. The summed E-state index contributed by atoms with van der Waals surface area (Å²) in [5, 5.41) is 7.74. The van der Waals surface area contributed by atoms with Crippen LogP contribution in [0.1, 0.15) is 32.4 Å². The van der Waals surface area contributed by atoms with E-state index < -0.39 is 6.04 Å². The molecule has 0 spiro atoms. The molecule has 0 aliphatic heterocycles.